The monoisotopic (exact) mass is 330 g/mol. The molecular formula is C15H17F3N2OS. The Labute approximate surface area is 131 Å². The molecule has 120 valence electrons. The minimum atomic E-state index is -4.32. The zero-order valence-corrected chi connectivity index (χ0v) is 12.7. The van der Waals surface area contributed by atoms with Crippen LogP contribution in [0.4, 0.5) is 13.2 Å². The number of likely N-dealkylation sites (tertiary alicyclic amines) is 1. The SMILES string of the molecule is O=C(C1CSCN1)N1CCCC1c1ccc(C(F)(F)F)cc1. The van der Waals surface area contributed by atoms with E-state index in [4.69, 9.17) is 0 Å². The van der Waals surface area contributed by atoms with Crippen LogP contribution in [0.15, 0.2) is 24.3 Å². The van der Waals surface area contributed by atoms with Crippen molar-refractivity contribution in [2.45, 2.75) is 31.1 Å². The Bertz CT molecular complexity index is 541. The number of hydrogen-bond acceptors (Lipinski definition) is 3. The molecule has 1 aromatic rings. The predicted molar refractivity (Wildman–Crippen MR) is 79.4 cm³/mol. The lowest BCUT2D eigenvalue weighted by molar-refractivity contribution is -0.137. The molecule has 2 fully saturated rings. The van der Waals surface area contributed by atoms with Gasteiger partial charge in [0.05, 0.1) is 17.6 Å². The number of amides is 1. The molecule has 0 saturated carbocycles. The summed E-state index contributed by atoms with van der Waals surface area (Å²) in [7, 11) is 0. The van der Waals surface area contributed by atoms with Crippen LogP contribution >= 0.6 is 11.8 Å². The van der Waals surface area contributed by atoms with Gasteiger partial charge in [0.2, 0.25) is 5.91 Å². The molecule has 1 aromatic carbocycles. The van der Waals surface area contributed by atoms with Gasteiger partial charge in [-0.3, -0.25) is 10.1 Å². The van der Waals surface area contributed by atoms with Gasteiger partial charge in [-0.15, -0.1) is 11.8 Å². The first-order valence-corrected chi connectivity index (χ1v) is 8.41. The lowest BCUT2D eigenvalue weighted by atomic mass is 10.0. The van der Waals surface area contributed by atoms with Crippen LogP contribution in [-0.4, -0.2) is 35.0 Å². The van der Waals surface area contributed by atoms with Gasteiger partial charge >= 0.3 is 6.18 Å². The van der Waals surface area contributed by atoms with Gasteiger partial charge in [-0.25, -0.2) is 0 Å². The molecule has 7 heteroatoms. The van der Waals surface area contributed by atoms with E-state index in [1.807, 2.05) is 4.90 Å². The molecule has 0 aromatic heterocycles. The molecule has 2 unspecified atom stereocenters. The van der Waals surface area contributed by atoms with Crippen molar-refractivity contribution in [2.75, 3.05) is 18.2 Å². The van der Waals surface area contributed by atoms with Crippen LogP contribution < -0.4 is 5.32 Å². The molecule has 0 aliphatic carbocycles. The van der Waals surface area contributed by atoms with Gasteiger partial charge in [-0.05, 0) is 30.5 Å². The Morgan fingerprint density at radius 3 is 2.59 bits per heavy atom. The summed E-state index contributed by atoms with van der Waals surface area (Å²) in [6.45, 7) is 0.674. The summed E-state index contributed by atoms with van der Waals surface area (Å²) in [5, 5.41) is 3.16. The van der Waals surface area contributed by atoms with Crippen molar-refractivity contribution >= 4 is 17.7 Å². The second kappa shape index (κ2) is 6.12. The fourth-order valence-electron chi connectivity index (χ4n) is 3.03. The Hall–Kier alpha value is -1.21. The van der Waals surface area contributed by atoms with E-state index < -0.39 is 11.7 Å². The molecule has 2 saturated heterocycles. The maximum absolute atomic E-state index is 12.6. The van der Waals surface area contributed by atoms with Gasteiger partial charge in [0.15, 0.2) is 0 Å². The average molecular weight is 330 g/mol. The molecule has 2 heterocycles. The minimum absolute atomic E-state index is 0.0624. The molecule has 0 bridgehead atoms. The van der Waals surface area contributed by atoms with Gasteiger partial charge in [0.25, 0.3) is 0 Å². The molecule has 1 amide bonds. The van der Waals surface area contributed by atoms with Crippen LogP contribution in [0.5, 0.6) is 0 Å². The van der Waals surface area contributed by atoms with Crippen molar-refractivity contribution in [2.24, 2.45) is 0 Å². The second-order valence-electron chi connectivity index (χ2n) is 5.58. The normalized spacial score (nSPS) is 25.7. The lowest BCUT2D eigenvalue weighted by Crippen LogP contribution is -2.44. The van der Waals surface area contributed by atoms with Gasteiger partial charge in [-0.2, -0.15) is 13.2 Å². The molecular weight excluding hydrogens is 313 g/mol. The summed E-state index contributed by atoms with van der Waals surface area (Å²) in [6, 6.07) is 4.91. The smallest absolute Gasteiger partial charge is 0.334 e. The van der Waals surface area contributed by atoms with E-state index in [9.17, 15) is 18.0 Å². The van der Waals surface area contributed by atoms with Gasteiger partial charge in [0.1, 0.15) is 0 Å². The maximum Gasteiger partial charge on any atom is 0.416 e. The van der Waals surface area contributed by atoms with E-state index in [1.165, 1.54) is 12.1 Å². The third kappa shape index (κ3) is 3.10. The first kappa shape index (κ1) is 15.7. The fraction of sp³-hybridized carbons (Fsp3) is 0.533. The number of thioether (sulfide) groups is 1. The molecule has 2 aliphatic heterocycles. The van der Waals surface area contributed by atoms with Crippen molar-refractivity contribution in [3.8, 4) is 0 Å². The molecule has 2 aliphatic rings. The highest BCUT2D eigenvalue weighted by Gasteiger charge is 2.36. The van der Waals surface area contributed by atoms with Crippen LogP contribution in [0.2, 0.25) is 0 Å². The quantitative estimate of drug-likeness (QED) is 0.905. The zero-order chi connectivity index (χ0) is 15.7. The van der Waals surface area contributed by atoms with Gasteiger partial charge in [-0.1, -0.05) is 12.1 Å². The fourth-order valence-corrected chi connectivity index (χ4v) is 3.96. The molecule has 0 radical (unpaired) electrons. The minimum Gasteiger partial charge on any atom is -0.334 e. The van der Waals surface area contributed by atoms with Crippen molar-refractivity contribution in [3.05, 3.63) is 35.4 Å². The lowest BCUT2D eigenvalue weighted by Gasteiger charge is -2.27. The molecule has 2 atom stereocenters. The largest absolute Gasteiger partial charge is 0.416 e. The van der Waals surface area contributed by atoms with Crippen LogP contribution in [0.25, 0.3) is 0 Å². The van der Waals surface area contributed by atoms with E-state index in [2.05, 4.69) is 5.32 Å². The second-order valence-corrected chi connectivity index (χ2v) is 6.61. The summed E-state index contributed by atoms with van der Waals surface area (Å²) in [5.41, 5.74) is 0.130. The van der Waals surface area contributed by atoms with Crippen LogP contribution in [0.1, 0.15) is 30.0 Å². The van der Waals surface area contributed by atoms with E-state index in [0.717, 1.165) is 42.2 Å². The Balaban J connectivity index is 1.76. The highest BCUT2D eigenvalue weighted by atomic mass is 32.2. The number of benzene rings is 1. The summed E-state index contributed by atoms with van der Waals surface area (Å²) < 4.78 is 37.9. The number of hydrogen-bond donors (Lipinski definition) is 1. The number of halogens is 3. The summed E-state index contributed by atoms with van der Waals surface area (Å²) >= 11 is 1.69. The average Bonchev–Trinajstić information content (AvgIpc) is 3.17. The third-order valence-electron chi connectivity index (χ3n) is 4.17. The number of carbonyl (C=O) groups excluding carboxylic acids is 1. The first-order valence-electron chi connectivity index (χ1n) is 7.25. The Kier molecular flexibility index (Phi) is 4.36. The maximum atomic E-state index is 12.6. The van der Waals surface area contributed by atoms with Gasteiger partial charge in [0, 0.05) is 18.2 Å². The molecule has 1 N–H and O–H groups in total. The standard InChI is InChI=1S/C15H17F3N2OS/c16-15(17,18)11-5-3-10(4-6-11)13-2-1-7-20(13)14(21)12-8-22-9-19-12/h3-6,12-13,19H,1-2,7-9H2. The number of alkyl halides is 3. The molecule has 3 rings (SSSR count). The van der Waals surface area contributed by atoms with Crippen molar-refractivity contribution in [3.63, 3.8) is 0 Å². The predicted octanol–water partition coefficient (Wildman–Crippen LogP) is 3.03. The van der Waals surface area contributed by atoms with Gasteiger partial charge < -0.3 is 4.90 Å². The zero-order valence-electron chi connectivity index (χ0n) is 11.9. The summed E-state index contributed by atoms with van der Waals surface area (Å²) in [6.07, 6.45) is -2.64. The highest BCUT2D eigenvalue weighted by Crippen LogP contribution is 2.35. The number of nitrogens with one attached hydrogen (secondary N) is 1. The summed E-state index contributed by atoms with van der Waals surface area (Å²) in [5.74, 6) is 1.59. The van der Waals surface area contributed by atoms with Crippen molar-refractivity contribution < 1.29 is 18.0 Å². The first-order chi connectivity index (χ1) is 10.5. The number of rotatable bonds is 2. The molecule has 22 heavy (non-hydrogen) atoms. The van der Waals surface area contributed by atoms with E-state index in [1.54, 1.807) is 11.8 Å². The van der Waals surface area contributed by atoms with E-state index in [-0.39, 0.29) is 18.0 Å². The van der Waals surface area contributed by atoms with E-state index in [0.29, 0.717) is 6.54 Å². The van der Waals surface area contributed by atoms with E-state index >= 15 is 0 Å². The topological polar surface area (TPSA) is 32.3 Å². The highest BCUT2D eigenvalue weighted by molar-refractivity contribution is 7.99. The Morgan fingerprint density at radius 2 is 2.00 bits per heavy atom. The molecule has 0 spiro atoms. The Morgan fingerprint density at radius 1 is 1.27 bits per heavy atom. The number of nitrogens with zero attached hydrogens (tertiary/aromatic N) is 1. The van der Waals surface area contributed by atoms with Crippen molar-refractivity contribution in [1.82, 2.24) is 10.2 Å². The molecule has 3 nitrogen and oxygen atoms in total. The van der Waals surface area contributed by atoms with Crippen LogP contribution in [0, 0.1) is 0 Å². The summed E-state index contributed by atoms with van der Waals surface area (Å²) in [4.78, 5) is 14.3. The van der Waals surface area contributed by atoms with Crippen molar-refractivity contribution in [1.29, 1.82) is 0 Å². The van der Waals surface area contributed by atoms with Crippen LogP contribution in [0.3, 0.4) is 0 Å². The third-order valence-corrected chi connectivity index (χ3v) is 5.11. The van der Waals surface area contributed by atoms with Crippen LogP contribution in [-0.2, 0) is 11.0 Å². The number of carbonyl (C=O) groups is 1.